The highest BCUT2D eigenvalue weighted by Gasteiger charge is 2.12. The number of halogens is 1. The molecule has 9 nitrogen and oxygen atoms in total. The number of hydrogen-bond donors (Lipinski definition) is 3. The van der Waals surface area contributed by atoms with Crippen molar-refractivity contribution in [3.05, 3.63) is 52.4 Å². The van der Waals surface area contributed by atoms with Crippen LogP contribution in [0, 0.1) is 11.3 Å². The van der Waals surface area contributed by atoms with Gasteiger partial charge in [-0.25, -0.2) is 0 Å². The van der Waals surface area contributed by atoms with Gasteiger partial charge >= 0.3 is 0 Å². The predicted octanol–water partition coefficient (Wildman–Crippen LogP) is 0.870. The number of carbonyl (C=O) groups is 3. The Balaban J connectivity index is 1.65. The van der Waals surface area contributed by atoms with E-state index in [1.807, 2.05) is 6.07 Å². The van der Waals surface area contributed by atoms with Gasteiger partial charge in [0.1, 0.15) is 5.75 Å². The summed E-state index contributed by atoms with van der Waals surface area (Å²) in [5.41, 5.74) is 4.75. The smallest absolute Gasteiger partial charge is 0.287 e. The fourth-order valence-electron chi connectivity index (χ4n) is 1.68. The van der Waals surface area contributed by atoms with Crippen LogP contribution in [-0.4, -0.2) is 30.9 Å². The molecule has 0 radical (unpaired) electrons. The SMILES string of the molecule is N#Cc1ccc(OCC(=O)NNC(=O)CNC(=O)c2ccc(Br)o2)cc1. The second-order valence-corrected chi connectivity index (χ2v) is 5.59. The van der Waals surface area contributed by atoms with Crippen LogP contribution < -0.4 is 20.9 Å². The first-order valence-corrected chi connectivity index (χ1v) is 8.01. The van der Waals surface area contributed by atoms with Crippen LogP contribution in [0.4, 0.5) is 0 Å². The van der Waals surface area contributed by atoms with Crippen molar-refractivity contribution in [2.45, 2.75) is 0 Å². The van der Waals surface area contributed by atoms with Crippen LogP contribution in [-0.2, 0) is 9.59 Å². The molecular weight excluding hydrogens is 408 g/mol. The number of nitrogens with zero attached hydrogens (tertiary/aromatic N) is 1. The van der Waals surface area contributed by atoms with Crippen LogP contribution in [0.3, 0.4) is 0 Å². The van der Waals surface area contributed by atoms with Crippen LogP contribution >= 0.6 is 15.9 Å². The van der Waals surface area contributed by atoms with Gasteiger partial charge in [-0.15, -0.1) is 0 Å². The zero-order valence-corrected chi connectivity index (χ0v) is 14.8. The summed E-state index contributed by atoms with van der Waals surface area (Å²) in [6.45, 7) is -0.688. The number of rotatable bonds is 6. The zero-order chi connectivity index (χ0) is 18.9. The molecule has 0 fully saturated rings. The van der Waals surface area contributed by atoms with Gasteiger partial charge in [0.15, 0.2) is 17.0 Å². The lowest BCUT2D eigenvalue weighted by atomic mass is 10.2. The standard InChI is InChI=1S/C16H13BrN4O5/c17-13-6-5-12(26-13)16(24)19-8-14(22)20-21-15(23)9-25-11-3-1-10(7-18)2-4-11/h1-6H,8-9H2,(H,19,24)(H,20,22)(H,21,23). The van der Waals surface area contributed by atoms with Crippen LogP contribution in [0.5, 0.6) is 5.75 Å². The largest absolute Gasteiger partial charge is 0.484 e. The van der Waals surface area contributed by atoms with E-state index in [2.05, 4.69) is 32.1 Å². The Labute approximate surface area is 156 Å². The van der Waals surface area contributed by atoms with E-state index in [1.165, 1.54) is 6.07 Å². The number of nitriles is 1. The first kappa shape index (κ1) is 19.0. The quantitative estimate of drug-likeness (QED) is 0.593. The Morgan fingerprint density at radius 2 is 1.77 bits per heavy atom. The van der Waals surface area contributed by atoms with Crippen LogP contribution in [0.1, 0.15) is 16.1 Å². The third-order valence-electron chi connectivity index (χ3n) is 2.90. The van der Waals surface area contributed by atoms with Gasteiger partial charge in [0.25, 0.3) is 17.7 Å². The van der Waals surface area contributed by atoms with Gasteiger partial charge in [0, 0.05) is 0 Å². The highest BCUT2D eigenvalue weighted by atomic mass is 79.9. The van der Waals surface area contributed by atoms with Gasteiger partial charge in [-0.1, -0.05) is 0 Å². The van der Waals surface area contributed by atoms with Crippen molar-refractivity contribution in [3.8, 4) is 11.8 Å². The fraction of sp³-hybridized carbons (Fsp3) is 0.125. The van der Waals surface area contributed by atoms with Crippen molar-refractivity contribution < 1.29 is 23.5 Å². The highest BCUT2D eigenvalue weighted by molar-refractivity contribution is 9.10. The summed E-state index contributed by atoms with van der Waals surface area (Å²) in [5.74, 6) is -1.34. The predicted molar refractivity (Wildman–Crippen MR) is 91.7 cm³/mol. The Hall–Kier alpha value is -3.32. The molecule has 0 aliphatic rings. The summed E-state index contributed by atoms with van der Waals surface area (Å²) in [6.07, 6.45) is 0. The van der Waals surface area contributed by atoms with Gasteiger partial charge in [0.05, 0.1) is 18.2 Å². The molecule has 0 unspecified atom stereocenters. The van der Waals surface area contributed by atoms with Crippen molar-refractivity contribution >= 4 is 33.7 Å². The normalized spacial score (nSPS) is 9.69. The average Bonchev–Trinajstić information content (AvgIpc) is 3.09. The van der Waals surface area contributed by atoms with Crippen molar-refractivity contribution in [1.29, 1.82) is 5.26 Å². The summed E-state index contributed by atoms with van der Waals surface area (Å²) in [4.78, 5) is 34.8. The number of hydrogen-bond acceptors (Lipinski definition) is 6. The summed E-state index contributed by atoms with van der Waals surface area (Å²) in [6, 6.07) is 11.2. The van der Waals surface area contributed by atoms with E-state index in [0.717, 1.165) is 0 Å². The number of hydrazine groups is 1. The van der Waals surface area contributed by atoms with E-state index in [0.29, 0.717) is 16.0 Å². The van der Waals surface area contributed by atoms with Gasteiger partial charge < -0.3 is 14.5 Å². The lowest BCUT2D eigenvalue weighted by Gasteiger charge is -2.09. The molecule has 0 aliphatic heterocycles. The minimum atomic E-state index is -0.629. The molecular formula is C16H13BrN4O5. The average molecular weight is 421 g/mol. The van der Waals surface area contributed by atoms with E-state index >= 15 is 0 Å². The van der Waals surface area contributed by atoms with Crippen molar-refractivity contribution in [2.75, 3.05) is 13.2 Å². The second kappa shape index (κ2) is 9.24. The number of carbonyl (C=O) groups excluding carboxylic acids is 3. The summed E-state index contributed by atoms with van der Waals surface area (Å²) in [7, 11) is 0. The number of ether oxygens (including phenoxy) is 1. The molecule has 0 spiro atoms. The molecule has 0 aliphatic carbocycles. The Kier molecular flexibility index (Phi) is 6.75. The highest BCUT2D eigenvalue weighted by Crippen LogP contribution is 2.13. The Morgan fingerprint density at radius 1 is 1.08 bits per heavy atom. The maximum Gasteiger partial charge on any atom is 0.287 e. The Bertz CT molecular complexity index is 841. The maximum atomic E-state index is 11.7. The monoisotopic (exact) mass is 420 g/mol. The van der Waals surface area contributed by atoms with Gasteiger partial charge in [-0.3, -0.25) is 25.2 Å². The van der Waals surface area contributed by atoms with E-state index in [-0.39, 0.29) is 18.9 Å². The molecule has 3 N–H and O–H groups in total. The van der Waals surface area contributed by atoms with Crippen LogP contribution in [0.25, 0.3) is 0 Å². The molecule has 2 aromatic rings. The summed E-state index contributed by atoms with van der Waals surface area (Å²) in [5, 5.41) is 11.0. The van der Waals surface area contributed by atoms with Crippen LogP contribution in [0.2, 0.25) is 0 Å². The number of benzene rings is 1. The van der Waals surface area contributed by atoms with Crippen molar-refractivity contribution in [3.63, 3.8) is 0 Å². The lowest BCUT2D eigenvalue weighted by molar-refractivity contribution is -0.129. The molecule has 0 saturated heterocycles. The minimum Gasteiger partial charge on any atom is -0.484 e. The molecule has 1 aromatic carbocycles. The molecule has 0 saturated carbocycles. The summed E-state index contributed by atoms with van der Waals surface area (Å²) < 4.78 is 10.6. The van der Waals surface area contributed by atoms with Gasteiger partial charge in [-0.2, -0.15) is 5.26 Å². The second-order valence-electron chi connectivity index (χ2n) is 4.81. The third kappa shape index (κ3) is 5.95. The van der Waals surface area contributed by atoms with E-state index in [4.69, 9.17) is 14.4 Å². The van der Waals surface area contributed by atoms with E-state index in [9.17, 15) is 14.4 Å². The molecule has 26 heavy (non-hydrogen) atoms. The molecule has 0 bridgehead atoms. The molecule has 2 rings (SSSR count). The molecule has 1 heterocycles. The number of nitrogens with one attached hydrogen (secondary N) is 3. The first-order valence-electron chi connectivity index (χ1n) is 7.22. The van der Waals surface area contributed by atoms with Gasteiger partial charge in [0.2, 0.25) is 0 Å². The third-order valence-corrected chi connectivity index (χ3v) is 3.33. The molecule has 134 valence electrons. The first-order chi connectivity index (χ1) is 12.5. The number of furan rings is 1. The molecule has 3 amide bonds. The molecule has 1 aromatic heterocycles. The maximum absolute atomic E-state index is 11.7. The minimum absolute atomic E-state index is 0.0459. The Morgan fingerprint density at radius 3 is 2.38 bits per heavy atom. The van der Waals surface area contributed by atoms with E-state index in [1.54, 1.807) is 30.3 Å². The van der Waals surface area contributed by atoms with Gasteiger partial charge in [-0.05, 0) is 52.3 Å². The fourth-order valence-corrected chi connectivity index (χ4v) is 1.98. The summed E-state index contributed by atoms with van der Waals surface area (Å²) >= 11 is 3.06. The topological polar surface area (TPSA) is 133 Å². The van der Waals surface area contributed by atoms with E-state index < -0.39 is 17.7 Å². The molecule has 10 heteroatoms. The zero-order valence-electron chi connectivity index (χ0n) is 13.2. The lowest BCUT2D eigenvalue weighted by Crippen LogP contribution is -2.47. The van der Waals surface area contributed by atoms with Crippen molar-refractivity contribution in [2.24, 2.45) is 0 Å². The van der Waals surface area contributed by atoms with Crippen molar-refractivity contribution in [1.82, 2.24) is 16.2 Å². The number of amides is 3. The van der Waals surface area contributed by atoms with Crippen LogP contribution in [0.15, 0.2) is 45.5 Å². The molecule has 0 atom stereocenters.